The van der Waals surface area contributed by atoms with Gasteiger partial charge in [0.2, 0.25) is 5.88 Å². The van der Waals surface area contributed by atoms with Crippen LogP contribution in [0.25, 0.3) is 10.9 Å². The van der Waals surface area contributed by atoms with Gasteiger partial charge in [0, 0.05) is 23.7 Å². The maximum atomic E-state index is 5.57. The van der Waals surface area contributed by atoms with E-state index < -0.39 is 0 Å². The predicted molar refractivity (Wildman–Crippen MR) is 68.3 cm³/mol. The van der Waals surface area contributed by atoms with Crippen molar-refractivity contribution >= 4 is 16.7 Å². The number of nitrogen functional groups attached to an aromatic ring is 1. The van der Waals surface area contributed by atoms with E-state index in [0.29, 0.717) is 17.4 Å². The summed E-state index contributed by atoms with van der Waals surface area (Å²) in [5, 5.41) is 8.62. The van der Waals surface area contributed by atoms with Crippen molar-refractivity contribution in [1.29, 1.82) is 0 Å². The molecule has 0 aliphatic rings. The molecule has 0 spiro atoms. The van der Waals surface area contributed by atoms with E-state index in [-0.39, 0.29) is 0 Å². The number of nitrogens with two attached hydrogens (primary N) is 1. The fraction of sp³-hybridized carbons (Fsp3) is 0. The van der Waals surface area contributed by atoms with Crippen LogP contribution < -0.4 is 10.5 Å². The van der Waals surface area contributed by atoms with Gasteiger partial charge in [0.15, 0.2) is 0 Å². The Morgan fingerprint density at radius 2 is 1.94 bits per heavy atom. The Bertz CT molecular complexity index is 682. The van der Waals surface area contributed by atoms with Gasteiger partial charge in [0.05, 0.1) is 5.52 Å². The summed E-state index contributed by atoms with van der Waals surface area (Å²) in [5.74, 6) is 1.43. The molecule has 5 nitrogen and oxygen atoms in total. The van der Waals surface area contributed by atoms with Gasteiger partial charge in [-0.25, -0.2) is 0 Å². The van der Waals surface area contributed by atoms with E-state index in [4.69, 9.17) is 10.5 Å². The Hall–Kier alpha value is -2.69. The molecule has 0 aliphatic heterocycles. The highest BCUT2D eigenvalue weighted by atomic mass is 16.5. The van der Waals surface area contributed by atoms with Gasteiger partial charge in [-0.15, -0.1) is 10.2 Å². The lowest BCUT2D eigenvalue weighted by Crippen LogP contribution is -1.94. The topological polar surface area (TPSA) is 73.9 Å². The van der Waals surface area contributed by atoms with Crippen molar-refractivity contribution in [3.8, 4) is 11.6 Å². The van der Waals surface area contributed by atoms with Gasteiger partial charge in [-0.2, -0.15) is 0 Å². The van der Waals surface area contributed by atoms with E-state index in [1.807, 2.05) is 30.3 Å². The highest BCUT2D eigenvalue weighted by Crippen LogP contribution is 2.23. The molecule has 0 radical (unpaired) electrons. The SMILES string of the molecule is Nc1ccc(Oc2ccc3cccnc3c2)nn1. The fourth-order valence-corrected chi connectivity index (χ4v) is 1.62. The predicted octanol–water partition coefficient (Wildman–Crippen LogP) is 2.40. The Kier molecular flexibility index (Phi) is 2.49. The van der Waals surface area contributed by atoms with E-state index in [1.54, 1.807) is 18.3 Å². The van der Waals surface area contributed by atoms with Crippen LogP contribution in [0.3, 0.4) is 0 Å². The summed E-state index contributed by atoms with van der Waals surface area (Å²) in [6.07, 6.45) is 1.75. The third-order valence-corrected chi connectivity index (χ3v) is 2.46. The summed E-state index contributed by atoms with van der Waals surface area (Å²) >= 11 is 0. The number of pyridine rings is 1. The molecule has 0 fully saturated rings. The lowest BCUT2D eigenvalue weighted by Gasteiger charge is -2.04. The van der Waals surface area contributed by atoms with Crippen molar-refractivity contribution in [3.05, 3.63) is 48.7 Å². The van der Waals surface area contributed by atoms with Crippen LogP contribution in [-0.4, -0.2) is 15.2 Å². The molecular formula is C13H10N4O. The molecule has 1 aromatic carbocycles. The quantitative estimate of drug-likeness (QED) is 0.742. The molecule has 0 atom stereocenters. The summed E-state index contributed by atoms with van der Waals surface area (Å²) < 4.78 is 5.57. The van der Waals surface area contributed by atoms with E-state index >= 15 is 0 Å². The molecule has 2 N–H and O–H groups in total. The second kappa shape index (κ2) is 4.29. The van der Waals surface area contributed by atoms with Crippen LogP contribution >= 0.6 is 0 Å². The van der Waals surface area contributed by atoms with Crippen molar-refractivity contribution in [1.82, 2.24) is 15.2 Å². The van der Waals surface area contributed by atoms with E-state index in [0.717, 1.165) is 10.9 Å². The van der Waals surface area contributed by atoms with Crippen molar-refractivity contribution in [2.75, 3.05) is 5.73 Å². The number of benzene rings is 1. The Labute approximate surface area is 103 Å². The minimum atomic E-state index is 0.363. The number of aromatic nitrogens is 3. The van der Waals surface area contributed by atoms with Crippen molar-refractivity contribution < 1.29 is 4.74 Å². The largest absolute Gasteiger partial charge is 0.437 e. The first kappa shape index (κ1) is 10.5. The van der Waals surface area contributed by atoms with Crippen LogP contribution in [0.4, 0.5) is 5.82 Å². The highest BCUT2D eigenvalue weighted by molar-refractivity contribution is 5.79. The zero-order valence-corrected chi connectivity index (χ0v) is 9.45. The molecule has 5 heteroatoms. The zero-order valence-electron chi connectivity index (χ0n) is 9.45. The molecule has 0 saturated carbocycles. The van der Waals surface area contributed by atoms with E-state index in [9.17, 15) is 0 Å². The Morgan fingerprint density at radius 1 is 1.00 bits per heavy atom. The molecule has 0 bridgehead atoms. The van der Waals surface area contributed by atoms with Crippen LogP contribution in [-0.2, 0) is 0 Å². The number of rotatable bonds is 2. The molecule has 0 saturated heterocycles. The van der Waals surface area contributed by atoms with Crippen molar-refractivity contribution in [2.45, 2.75) is 0 Å². The molecule has 18 heavy (non-hydrogen) atoms. The fourth-order valence-electron chi connectivity index (χ4n) is 1.62. The third-order valence-electron chi connectivity index (χ3n) is 2.46. The molecule has 0 amide bonds. The molecule has 3 rings (SSSR count). The van der Waals surface area contributed by atoms with Crippen molar-refractivity contribution in [3.63, 3.8) is 0 Å². The molecule has 0 aliphatic carbocycles. The summed E-state index contributed by atoms with van der Waals surface area (Å²) in [7, 11) is 0. The van der Waals surface area contributed by atoms with Gasteiger partial charge >= 0.3 is 0 Å². The summed E-state index contributed by atoms with van der Waals surface area (Å²) in [5.41, 5.74) is 6.33. The molecule has 3 aromatic rings. The number of anilines is 1. The summed E-state index contributed by atoms with van der Waals surface area (Å²) in [6, 6.07) is 12.9. The molecule has 0 unspecified atom stereocenters. The number of ether oxygens (including phenoxy) is 1. The molecule has 2 aromatic heterocycles. The molecule has 88 valence electrons. The first-order chi connectivity index (χ1) is 8.81. The zero-order chi connectivity index (χ0) is 12.4. The van der Waals surface area contributed by atoms with Gasteiger partial charge in [-0.1, -0.05) is 6.07 Å². The van der Waals surface area contributed by atoms with E-state index in [1.165, 1.54) is 0 Å². The number of nitrogens with zero attached hydrogens (tertiary/aromatic N) is 3. The van der Waals surface area contributed by atoms with E-state index in [2.05, 4.69) is 15.2 Å². The van der Waals surface area contributed by atoms with Gasteiger partial charge in [0.25, 0.3) is 0 Å². The monoisotopic (exact) mass is 238 g/mol. The van der Waals surface area contributed by atoms with Crippen LogP contribution in [0.15, 0.2) is 48.7 Å². The maximum absolute atomic E-state index is 5.57. The average molecular weight is 238 g/mol. The maximum Gasteiger partial charge on any atom is 0.238 e. The molecular weight excluding hydrogens is 228 g/mol. The van der Waals surface area contributed by atoms with Crippen molar-refractivity contribution in [2.24, 2.45) is 0 Å². The minimum absolute atomic E-state index is 0.363. The van der Waals surface area contributed by atoms with Gasteiger partial charge in [-0.3, -0.25) is 4.98 Å². The van der Waals surface area contributed by atoms with Gasteiger partial charge in [-0.05, 0) is 24.3 Å². The minimum Gasteiger partial charge on any atom is -0.437 e. The highest BCUT2D eigenvalue weighted by Gasteiger charge is 2.01. The van der Waals surface area contributed by atoms with Crippen LogP contribution in [0, 0.1) is 0 Å². The van der Waals surface area contributed by atoms with Gasteiger partial charge in [0.1, 0.15) is 11.6 Å². The number of hydrogen-bond acceptors (Lipinski definition) is 5. The van der Waals surface area contributed by atoms with Gasteiger partial charge < -0.3 is 10.5 Å². The lowest BCUT2D eigenvalue weighted by molar-refractivity contribution is 0.456. The second-order valence-corrected chi connectivity index (χ2v) is 3.76. The smallest absolute Gasteiger partial charge is 0.238 e. The Morgan fingerprint density at radius 3 is 2.78 bits per heavy atom. The third kappa shape index (κ3) is 2.06. The first-order valence-electron chi connectivity index (χ1n) is 5.43. The lowest BCUT2D eigenvalue weighted by atomic mass is 10.2. The number of fused-ring (bicyclic) bond motifs is 1. The normalized spacial score (nSPS) is 10.4. The summed E-state index contributed by atoms with van der Waals surface area (Å²) in [4.78, 5) is 4.26. The van der Waals surface area contributed by atoms with Crippen LogP contribution in [0.2, 0.25) is 0 Å². The Balaban J connectivity index is 1.92. The average Bonchev–Trinajstić information content (AvgIpc) is 2.41. The second-order valence-electron chi connectivity index (χ2n) is 3.76. The van der Waals surface area contributed by atoms with Crippen LogP contribution in [0.1, 0.15) is 0 Å². The van der Waals surface area contributed by atoms with Crippen LogP contribution in [0.5, 0.6) is 11.6 Å². The standard InChI is InChI=1S/C13H10N4O/c14-12-5-6-13(17-16-12)18-10-4-3-9-2-1-7-15-11(9)8-10/h1-8H,(H2,14,16). The number of hydrogen-bond donors (Lipinski definition) is 1. The first-order valence-corrected chi connectivity index (χ1v) is 5.43. The molecule has 2 heterocycles. The summed E-state index contributed by atoms with van der Waals surface area (Å²) in [6.45, 7) is 0.